The molecule has 0 aromatic heterocycles. The number of nitrogens with two attached hydrogens (primary N) is 1. The summed E-state index contributed by atoms with van der Waals surface area (Å²) in [6.45, 7) is 10.5. The van der Waals surface area contributed by atoms with Gasteiger partial charge >= 0.3 is 0 Å². The quantitative estimate of drug-likeness (QED) is 0.869. The third-order valence-corrected chi connectivity index (χ3v) is 2.87. The van der Waals surface area contributed by atoms with Crippen molar-refractivity contribution in [2.24, 2.45) is 11.1 Å². The number of halogens is 1. The van der Waals surface area contributed by atoms with Crippen LogP contribution in [0.3, 0.4) is 0 Å². The molecule has 0 amide bonds. The summed E-state index contributed by atoms with van der Waals surface area (Å²) < 4.78 is 5.61. The maximum atomic E-state index is 6.21. The molecule has 0 saturated heterocycles. The van der Waals surface area contributed by atoms with E-state index >= 15 is 0 Å². The maximum absolute atomic E-state index is 6.21. The molecule has 102 valence electrons. The second-order valence-electron chi connectivity index (χ2n) is 6.23. The van der Waals surface area contributed by atoms with Crippen LogP contribution in [-0.4, -0.2) is 6.10 Å². The van der Waals surface area contributed by atoms with Gasteiger partial charge in [-0.25, -0.2) is 0 Å². The topological polar surface area (TPSA) is 35.2 Å². The lowest BCUT2D eigenvalue weighted by atomic mass is 9.86. The summed E-state index contributed by atoms with van der Waals surface area (Å²) in [5.41, 5.74) is 7.47. The van der Waals surface area contributed by atoms with Crippen molar-refractivity contribution in [2.75, 3.05) is 0 Å². The number of ether oxygens (including phenoxy) is 1. The van der Waals surface area contributed by atoms with Gasteiger partial charge in [0.1, 0.15) is 5.75 Å². The van der Waals surface area contributed by atoms with Gasteiger partial charge in [-0.05, 0) is 43.4 Å². The molecule has 2 nitrogen and oxygen atoms in total. The standard InChI is InChI=1S/C15H24ClNO/c1-10(2)18-14-7-6-11(8-12(14)16)13(17)9-15(3,4)5/h6-8,10,13H,9,17H2,1-5H3. The van der Waals surface area contributed by atoms with E-state index in [1.165, 1.54) is 0 Å². The highest BCUT2D eigenvalue weighted by molar-refractivity contribution is 6.32. The Balaban J connectivity index is 2.83. The van der Waals surface area contributed by atoms with E-state index in [-0.39, 0.29) is 17.6 Å². The molecule has 2 N–H and O–H groups in total. The first-order chi connectivity index (χ1) is 8.19. The monoisotopic (exact) mass is 269 g/mol. The molecule has 3 heteroatoms. The number of hydrogen-bond donors (Lipinski definition) is 1. The first kappa shape index (κ1) is 15.3. The van der Waals surface area contributed by atoms with E-state index in [9.17, 15) is 0 Å². The Morgan fingerprint density at radius 3 is 2.33 bits per heavy atom. The highest BCUT2D eigenvalue weighted by atomic mass is 35.5. The summed E-state index contributed by atoms with van der Waals surface area (Å²) >= 11 is 6.21. The SMILES string of the molecule is CC(C)Oc1ccc(C(N)CC(C)(C)C)cc1Cl. The molecule has 0 spiro atoms. The van der Waals surface area contributed by atoms with Crippen LogP contribution < -0.4 is 10.5 Å². The molecule has 0 aliphatic heterocycles. The molecule has 1 atom stereocenters. The van der Waals surface area contributed by atoms with Crippen molar-refractivity contribution in [3.8, 4) is 5.75 Å². The molecule has 1 aromatic rings. The van der Waals surface area contributed by atoms with Gasteiger partial charge in [0.2, 0.25) is 0 Å². The van der Waals surface area contributed by atoms with Gasteiger partial charge in [0.15, 0.2) is 0 Å². The highest BCUT2D eigenvalue weighted by Crippen LogP contribution is 2.32. The molecular formula is C15H24ClNO. The molecule has 1 rings (SSSR count). The van der Waals surface area contributed by atoms with Gasteiger partial charge < -0.3 is 10.5 Å². The van der Waals surface area contributed by atoms with Gasteiger partial charge in [-0.3, -0.25) is 0 Å². The van der Waals surface area contributed by atoms with Crippen LogP contribution in [0.5, 0.6) is 5.75 Å². The fraction of sp³-hybridized carbons (Fsp3) is 0.600. The second-order valence-corrected chi connectivity index (χ2v) is 6.63. The van der Waals surface area contributed by atoms with E-state index in [2.05, 4.69) is 20.8 Å². The van der Waals surface area contributed by atoms with E-state index in [0.29, 0.717) is 5.02 Å². The maximum Gasteiger partial charge on any atom is 0.138 e. The van der Waals surface area contributed by atoms with Crippen LogP contribution in [0.1, 0.15) is 52.6 Å². The summed E-state index contributed by atoms with van der Waals surface area (Å²) in [7, 11) is 0. The number of benzene rings is 1. The summed E-state index contributed by atoms with van der Waals surface area (Å²) in [5, 5.41) is 0.630. The lowest BCUT2D eigenvalue weighted by molar-refractivity contribution is 0.242. The number of rotatable bonds is 4. The molecular weight excluding hydrogens is 246 g/mol. The zero-order valence-electron chi connectivity index (χ0n) is 12.0. The fourth-order valence-corrected chi connectivity index (χ4v) is 2.11. The predicted molar refractivity (Wildman–Crippen MR) is 78.2 cm³/mol. The zero-order valence-corrected chi connectivity index (χ0v) is 12.7. The minimum atomic E-state index is 0.00981. The van der Waals surface area contributed by atoms with Crippen LogP contribution in [-0.2, 0) is 0 Å². The number of hydrogen-bond acceptors (Lipinski definition) is 2. The lowest BCUT2D eigenvalue weighted by Gasteiger charge is -2.24. The molecule has 0 saturated carbocycles. The highest BCUT2D eigenvalue weighted by Gasteiger charge is 2.18. The molecule has 0 aliphatic carbocycles. The van der Waals surface area contributed by atoms with Crippen molar-refractivity contribution in [1.82, 2.24) is 0 Å². The third kappa shape index (κ3) is 4.87. The molecule has 0 radical (unpaired) electrons. The summed E-state index contributed by atoms with van der Waals surface area (Å²) in [6, 6.07) is 5.83. The normalized spacial score (nSPS) is 13.8. The van der Waals surface area contributed by atoms with Crippen LogP contribution in [0.15, 0.2) is 18.2 Å². The Kier molecular flexibility index (Phi) is 5.06. The summed E-state index contributed by atoms with van der Waals surface area (Å²) in [5.74, 6) is 0.721. The molecule has 0 heterocycles. The Morgan fingerprint density at radius 1 is 1.28 bits per heavy atom. The van der Waals surface area contributed by atoms with E-state index in [1.807, 2.05) is 32.0 Å². The van der Waals surface area contributed by atoms with Crippen LogP contribution in [0, 0.1) is 5.41 Å². The minimum Gasteiger partial charge on any atom is -0.489 e. The Bertz CT molecular complexity index is 396. The molecule has 0 fully saturated rings. The molecule has 18 heavy (non-hydrogen) atoms. The summed E-state index contributed by atoms with van der Waals surface area (Å²) in [6.07, 6.45) is 1.05. The third-order valence-electron chi connectivity index (χ3n) is 2.58. The first-order valence-electron chi connectivity index (χ1n) is 6.41. The molecule has 1 aromatic carbocycles. The van der Waals surface area contributed by atoms with Crippen molar-refractivity contribution in [3.63, 3.8) is 0 Å². The van der Waals surface area contributed by atoms with Gasteiger partial charge in [0, 0.05) is 6.04 Å². The lowest BCUT2D eigenvalue weighted by Crippen LogP contribution is -2.18. The average Bonchev–Trinajstić information content (AvgIpc) is 2.17. The molecule has 1 unspecified atom stereocenters. The van der Waals surface area contributed by atoms with Crippen LogP contribution in [0.25, 0.3) is 0 Å². The minimum absolute atomic E-state index is 0.00981. The van der Waals surface area contributed by atoms with Crippen LogP contribution in [0.4, 0.5) is 0 Å². The van der Waals surface area contributed by atoms with Crippen molar-refractivity contribution >= 4 is 11.6 Å². The molecule has 0 bridgehead atoms. The van der Waals surface area contributed by atoms with Crippen molar-refractivity contribution in [1.29, 1.82) is 0 Å². The van der Waals surface area contributed by atoms with E-state index in [4.69, 9.17) is 22.1 Å². The smallest absolute Gasteiger partial charge is 0.138 e. The van der Waals surface area contributed by atoms with E-state index in [1.54, 1.807) is 0 Å². The Labute approximate surface area is 115 Å². The van der Waals surface area contributed by atoms with Gasteiger partial charge in [-0.1, -0.05) is 38.4 Å². The van der Waals surface area contributed by atoms with E-state index in [0.717, 1.165) is 17.7 Å². The average molecular weight is 270 g/mol. The largest absolute Gasteiger partial charge is 0.489 e. The Morgan fingerprint density at radius 2 is 1.89 bits per heavy atom. The van der Waals surface area contributed by atoms with Gasteiger partial charge in [-0.2, -0.15) is 0 Å². The van der Waals surface area contributed by atoms with Gasteiger partial charge in [0.25, 0.3) is 0 Å². The Hall–Kier alpha value is -0.730. The zero-order chi connectivity index (χ0) is 13.9. The van der Waals surface area contributed by atoms with Crippen LogP contribution >= 0.6 is 11.6 Å². The molecule has 0 aliphatic rings. The fourth-order valence-electron chi connectivity index (χ4n) is 1.87. The summed E-state index contributed by atoms with van der Waals surface area (Å²) in [4.78, 5) is 0. The van der Waals surface area contributed by atoms with Crippen molar-refractivity contribution in [2.45, 2.75) is 53.2 Å². The van der Waals surface area contributed by atoms with Crippen LogP contribution in [0.2, 0.25) is 5.02 Å². The van der Waals surface area contributed by atoms with Gasteiger partial charge in [0.05, 0.1) is 11.1 Å². The van der Waals surface area contributed by atoms with E-state index < -0.39 is 0 Å². The predicted octanol–water partition coefficient (Wildman–Crippen LogP) is 4.56. The first-order valence-corrected chi connectivity index (χ1v) is 6.78. The second kappa shape index (κ2) is 5.94. The van der Waals surface area contributed by atoms with Crippen molar-refractivity contribution in [3.05, 3.63) is 28.8 Å². The van der Waals surface area contributed by atoms with Gasteiger partial charge in [-0.15, -0.1) is 0 Å². The van der Waals surface area contributed by atoms with Crippen molar-refractivity contribution < 1.29 is 4.74 Å².